The Kier molecular flexibility index (Phi) is 4.38. The van der Waals surface area contributed by atoms with Gasteiger partial charge in [-0.25, -0.2) is 0 Å². The second kappa shape index (κ2) is 5.83. The van der Waals surface area contributed by atoms with Crippen LogP contribution in [0, 0.1) is 5.92 Å². The molecule has 2 rings (SSSR count). The van der Waals surface area contributed by atoms with E-state index in [1.165, 1.54) is 32.1 Å². The summed E-state index contributed by atoms with van der Waals surface area (Å²) < 4.78 is 1.76. The van der Waals surface area contributed by atoms with Gasteiger partial charge in [0.25, 0.3) is 0 Å². The van der Waals surface area contributed by atoms with Crippen LogP contribution in [-0.4, -0.2) is 20.5 Å². The Labute approximate surface area is 110 Å². The summed E-state index contributed by atoms with van der Waals surface area (Å²) >= 11 is 0. The Morgan fingerprint density at radius 3 is 2.72 bits per heavy atom. The summed E-state index contributed by atoms with van der Waals surface area (Å²) in [5.74, 6) is 0.906. The average molecular weight is 250 g/mol. The normalized spacial score (nSPS) is 28.5. The molecule has 0 unspecified atom stereocenters. The van der Waals surface area contributed by atoms with Crippen LogP contribution in [0.2, 0.25) is 0 Å². The van der Waals surface area contributed by atoms with Gasteiger partial charge in [0.05, 0.1) is 5.69 Å². The van der Waals surface area contributed by atoms with Crippen LogP contribution in [0.5, 0.6) is 0 Å². The van der Waals surface area contributed by atoms with Crippen molar-refractivity contribution in [1.82, 2.24) is 15.0 Å². The molecule has 2 N–H and O–H groups in total. The zero-order chi connectivity index (χ0) is 13.0. The van der Waals surface area contributed by atoms with Gasteiger partial charge in [0.15, 0.2) is 0 Å². The first-order valence-electron chi connectivity index (χ1n) is 7.25. The lowest BCUT2D eigenvalue weighted by Crippen LogP contribution is -2.45. The van der Waals surface area contributed by atoms with Gasteiger partial charge in [-0.15, -0.1) is 5.10 Å². The predicted molar refractivity (Wildman–Crippen MR) is 73.1 cm³/mol. The lowest BCUT2D eigenvalue weighted by atomic mass is 9.73. The van der Waals surface area contributed by atoms with Crippen LogP contribution in [0.1, 0.15) is 57.6 Å². The quantitative estimate of drug-likeness (QED) is 0.873. The van der Waals surface area contributed by atoms with Crippen molar-refractivity contribution in [2.75, 3.05) is 0 Å². The fraction of sp³-hybridized carbons (Fsp3) is 0.857. The van der Waals surface area contributed by atoms with Gasteiger partial charge in [-0.2, -0.15) is 0 Å². The number of nitrogens with zero attached hydrogens (tertiary/aromatic N) is 3. The smallest absolute Gasteiger partial charge is 0.0845 e. The molecule has 1 aromatic rings. The minimum atomic E-state index is -0.0429. The molecule has 0 bridgehead atoms. The SMILES string of the molecule is CCCCC1CCC(N)(Cc2cn(C)nn2)CC1. The van der Waals surface area contributed by atoms with Gasteiger partial charge < -0.3 is 5.73 Å². The highest BCUT2D eigenvalue weighted by Gasteiger charge is 2.32. The zero-order valence-corrected chi connectivity index (χ0v) is 11.7. The van der Waals surface area contributed by atoms with Crippen molar-refractivity contribution < 1.29 is 0 Å². The van der Waals surface area contributed by atoms with Gasteiger partial charge in [-0.3, -0.25) is 4.68 Å². The Balaban J connectivity index is 1.83. The van der Waals surface area contributed by atoms with E-state index in [1.54, 1.807) is 4.68 Å². The van der Waals surface area contributed by atoms with Crippen LogP contribution >= 0.6 is 0 Å². The summed E-state index contributed by atoms with van der Waals surface area (Å²) in [6.45, 7) is 2.27. The highest BCUT2D eigenvalue weighted by Crippen LogP contribution is 2.34. The summed E-state index contributed by atoms with van der Waals surface area (Å²) in [5, 5.41) is 8.14. The van der Waals surface area contributed by atoms with Crippen LogP contribution in [0.3, 0.4) is 0 Å². The van der Waals surface area contributed by atoms with Crippen molar-refractivity contribution in [1.29, 1.82) is 0 Å². The van der Waals surface area contributed by atoms with Crippen molar-refractivity contribution in [2.45, 2.75) is 63.8 Å². The molecule has 18 heavy (non-hydrogen) atoms. The maximum Gasteiger partial charge on any atom is 0.0845 e. The van der Waals surface area contributed by atoms with Crippen molar-refractivity contribution in [3.63, 3.8) is 0 Å². The van der Waals surface area contributed by atoms with E-state index in [0.717, 1.165) is 30.9 Å². The van der Waals surface area contributed by atoms with Gasteiger partial charge in [0.2, 0.25) is 0 Å². The second-order valence-corrected chi connectivity index (χ2v) is 6.01. The van der Waals surface area contributed by atoms with E-state index >= 15 is 0 Å². The van der Waals surface area contributed by atoms with E-state index in [0.29, 0.717) is 0 Å². The standard InChI is InChI=1S/C14H26N4/c1-3-4-5-12-6-8-14(15,9-7-12)10-13-11-18(2)17-16-13/h11-12H,3-10,15H2,1-2H3. The topological polar surface area (TPSA) is 56.7 Å². The minimum absolute atomic E-state index is 0.0429. The lowest BCUT2D eigenvalue weighted by Gasteiger charge is -2.36. The molecular weight excluding hydrogens is 224 g/mol. The molecule has 0 aliphatic heterocycles. The number of hydrogen-bond acceptors (Lipinski definition) is 3. The third-order valence-electron chi connectivity index (χ3n) is 4.25. The summed E-state index contributed by atoms with van der Waals surface area (Å²) in [4.78, 5) is 0. The van der Waals surface area contributed by atoms with Crippen LogP contribution in [0.25, 0.3) is 0 Å². The fourth-order valence-corrected chi connectivity index (χ4v) is 3.05. The number of unbranched alkanes of at least 4 members (excludes halogenated alkanes) is 1. The van der Waals surface area contributed by atoms with Crippen LogP contribution in [-0.2, 0) is 13.5 Å². The molecule has 0 saturated heterocycles. The van der Waals surface area contributed by atoms with Gasteiger partial charge in [0, 0.05) is 25.2 Å². The highest BCUT2D eigenvalue weighted by molar-refractivity contribution is 5.03. The van der Waals surface area contributed by atoms with E-state index < -0.39 is 0 Å². The number of rotatable bonds is 5. The Morgan fingerprint density at radius 2 is 2.17 bits per heavy atom. The van der Waals surface area contributed by atoms with Crippen molar-refractivity contribution in [3.8, 4) is 0 Å². The fourth-order valence-electron chi connectivity index (χ4n) is 3.05. The molecule has 0 amide bonds. The molecule has 1 heterocycles. The molecule has 0 aromatic carbocycles. The molecule has 4 nitrogen and oxygen atoms in total. The van der Waals surface area contributed by atoms with Crippen LogP contribution < -0.4 is 5.73 Å². The summed E-state index contributed by atoms with van der Waals surface area (Å²) in [7, 11) is 1.90. The van der Waals surface area contributed by atoms with Gasteiger partial charge in [-0.05, 0) is 31.6 Å². The van der Waals surface area contributed by atoms with Crippen LogP contribution in [0.4, 0.5) is 0 Å². The second-order valence-electron chi connectivity index (χ2n) is 6.01. The summed E-state index contributed by atoms with van der Waals surface area (Å²) in [6.07, 6.45) is 11.8. The molecule has 1 aliphatic rings. The average Bonchev–Trinajstić information content (AvgIpc) is 2.74. The van der Waals surface area contributed by atoms with E-state index in [4.69, 9.17) is 5.73 Å². The van der Waals surface area contributed by atoms with E-state index in [-0.39, 0.29) is 5.54 Å². The molecule has 0 spiro atoms. The first-order chi connectivity index (χ1) is 8.61. The van der Waals surface area contributed by atoms with E-state index in [1.807, 2.05) is 13.2 Å². The monoisotopic (exact) mass is 250 g/mol. The minimum Gasteiger partial charge on any atom is -0.325 e. The summed E-state index contributed by atoms with van der Waals surface area (Å²) in [5.41, 5.74) is 7.51. The maximum atomic E-state index is 6.51. The number of aromatic nitrogens is 3. The third kappa shape index (κ3) is 3.55. The van der Waals surface area contributed by atoms with E-state index in [2.05, 4.69) is 17.2 Å². The summed E-state index contributed by atoms with van der Waals surface area (Å²) in [6, 6.07) is 0. The Bertz CT molecular complexity index is 364. The molecule has 0 radical (unpaired) electrons. The molecule has 1 fully saturated rings. The zero-order valence-electron chi connectivity index (χ0n) is 11.7. The predicted octanol–water partition coefficient (Wildman–Crippen LogP) is 2.44. The lowest BCUT2D eigenvalue weighted by molar-refractivity contribution is 0.220. The van der Waals surface area contributed by atoms with Crippen molar-refractivity contribution in [3.05, 3.63) is 11.9 Å². The molecule has 1 aromatic heterocycles. The Hall–Kier alpha value is -0.900. The van der Waals surface area contributed by atoms with Gasteiger partial charge >= 0.3 is 0 Å². The maximum absolute atomic E-state index is 6.51. The number of hydrogen-bond donors (Lipinski definition) is 1. The number of nitrogens with two attached hydrogens (primary N) is 1. The Morgan fingerprint density at radius 1 is 1.44 bits per heavy atom. The number of aryl methyl sites for hydroxylation is 1. The highest BCUT2D eigenvalue weighted by atomic mass is 15.4. The molecule has 4 heteroatoms. The molecule has 1 aliphatic carbocycles. The van der Waals surface area contributed by atoms with Gasteiger partial charge in [-0.1, -0.05) is 31.4 Å². The van der Waals surface area contributed by atoms with Crippen LogP contribution in [0.15, 0.2) is 6.20 Å². The molecular formula is C14H26N4. The first kappa shape index (κ1) is 13.5. The van der Waals surface area contributed by atoms with Crippen molar-refractivity contribution in [2.24, 2.45) is 18.7 Å². The molecule has 1 saturated carbocycles. The van der Waals surface area contributed by atoms with Gasteiger partial charge in [0.1, 0.15) is 0 Å². The first-order valence-corrected chi connectivity index (χ1v) is 7.25. The van der Waals surface area contributed by atoms with Crippen molar-refractivity contribution >= 4 is 0 Å². The largest absolute Gasteiger partial charge is 0.325 e. The molecule has 0 atom stereocenters. The molecule has 102 valence electrons. The van der Waals surface area contributed by atoms with E-state index in [9.17, 15) is 0 Å². The third-order valence-corrected chi connectivity index (χ3v) is 4.25.